The largest absolute Gasteiger partial charge is 0.334 e. The molecule has 2 aromatic heterocycles. The van der Waals surface area contributed by atoms with E-state index in [4.69, 9.17) is 4.98 Å². The van der Waals surface area contributed by atoms with Gasteiger partial charge in [0.05, 0.1) is 23.8 Å². The maximum Gasteiger partial charge on any atom is 0.256 e. The van der Waals surface area contributed by atoms with E-state index in [0.29, 0.717) is 24.1 Å². The molecule has 1 amide bonds. The van der Waals surface area contributed by atoms with Crippen LogP contribution in [0.5, 0.6) is 0 Å². The van der Waals surface area contributed by atoms with Gasteiger partial charge < -0.3 is 9.88 Å². The summed E-state index contributed by atoms with van der Waals surface area (Å²) in [5.41, 5.74) is 2.86. The Labute approximate surface area is 183 Å². The van der Waals surface area contributed by atoms with Crippen LogP contribution in [0.25, 0.3) is 0 Å². The molecule has 0 bridgehead atoms. The molecule has 160 valence electrons. The molecule has 2 aliphatic rings. The molecule has 0 aliphatic carbocycles. The van der Waals surface area contributed by atoms with Gasteiger partial charge in [0.2, 0.25) is 0 Å². The number of carbonyl (C=O) groups is 1. The molecule has 0 unspecified atom stereocenters. The van der Waals surface area contributed by atoms with Gasteiger partial charge in [-0.2, -0.15) is 11.3 Å². The zero-order valence-corrected chi connectivity index (χ0v) is 17.8. The lowest BCUT2D eigenvalue weighted by Crippen LogP contribution is -2.40. The smallest absolute Gasteiger partial charge is 0.256 e. The first-order valence-electron chi connectivity index (χ1n) is 10.5. The fourth-order valence-electron chi connectivity index (χ4n) is 4.49. The third-order valence-electron chi connectivity index (χ3n) is 6.11. The van der Waals surface area contributed by atoms with Crippen LogP contribution in [-0.2, 0) is 19.5 Å². The topological polar surface area (TPSA) is 69.3 Å². The maximum atomic E-state index is 13.2. The van der Waals surface area contributed by atoms with Crippen molar-refractivity contribution in [2.75, 3.05) is 13.1 Å². The zero-order chi connectivity index (χ0) is 21.4. The van der Waals surface area contributed by atoms with Gasteiger partial charge in [0.1, 0.15) is 11.6 Å². The lowest BCUT2D eigenvalue weighted by molar-refractivity contribution is 0.0732. The molecule has 6 nitrogen and oxygen atoms in total. The van der Waals surface area contributed by atoms with Crippen molar-refractivity contribution >= 4 is 17.2 Å². The second-order valence-electron chi connectivity index (χ2n) is 8.12. The van der Waals surface area contributed by atoms with Crippen LogP contribution in [0.4, 0.5) is 4.39 Å². The zero-order valence-electron chi connectivity index (χ0n) is 17.0. The Balaban J connectivity index is 1.36. The highest BCUT2D eigenvalue weighted by atomic mass is 32.1. The SMILES string of the molecule is O=C(c1ccc(F)cc1)N1CCc2nc([C@H]3CCCN3Cc3ccsc3)[nH]c(=O)c2C1. The number of halogens is 1. The quantitative estimate of drug-likeness (QED) is 0.677. The summed E-state index contributed by atoms with van der Waals surface area (Å²) in [5, 5.41) is 4.24. The molecular formula is C23H23FN4O2S. The molecule has 0 radical (unpaired) electrons. The minimum atomic E-state index is -0.381. The molecular weight excluding hydrogens is 415 g/mol. The summed E-state index contributed by atoms with van der Waals surface area (Å²) in [6.45, 7) is 2.55. The molecule has 1 atom stereocenters. The first-order valence-corrected chi connectivity index (χ1v) is 11.4. The van der Waals surface area contributed by atoms with E-state index in [9.17, 15) is 14.0 Å². The van der Waals surface area contributed by atoms with Gasteiger partial charge in [-0.3, -0.25) is 14.5 Å². The van der Waals surface area contributed by atoms with Crippen LogP contribution >= 0.6 is 11.3 Å². The summed E-state index contributed by atoms with van der Waals surface area (Å²) in [4.78, 5) is 37.5. The highest BCUT2D eigenvalue weighted by molar-refractivity contribution is 7.07. The van der Waals surface area contributed by atoms with Crippen LogP contribution in [0, 0.1) is 5.82 Å². The fourth-order valence-corrected chi connectivity index (χ4v) is 5.15. The minimum absolute atomic E-state index is 0.108. The third kappa shape index (κ3) is 4.05. The number of hydrogen-bond donors (Lipinski definition) is 1. The second-order valence-corrected chi connectivity index (χ2v) is 8.90. The standard InChI is InChI=1S/C23H23FN4O2S/c24-17-5-3-16(4-6-17)23(30)28-10-7-19-18(13-28)22(29)26-21(25-19)20-2-1-9-27(20)12-15-8-11-31-14-15/h3-6,8,11,14,20H,1-2,7,9-10,12-13H2,(H,25,26,29)/t20-/m1/s1. The number of nitrogens with one attached hydrogen (secondary N) is 1. The van der Waals surface area contributed by atoms with Crippen LogP contribution in [0.1, 0.15) is 51.9 Å². The normalized spacial score (nSPS) is 18.9. The van der Waals surface area contributed by atoms with Crippen molar-refractivity contribution < 1.29 is 9.18 Å². The summed E-state index contributed by atoms with van der Waals surface area (Å²) in [6, 6.07) is 7.74. The average Bonchev–Trinajstić information content (AvgIpc) is 3.46. The number of thiophene rings is 1. The first-order chi connectivity index (χ1) is 15.1. The Morgan fingerprint density at radius 3 is 2.84 bits per heavy atom. The summed E-state index contributed by atoms with van der Waals surface area (Å²) >= 11 is 1.69. The molecule has 0 saturated carbocycles. The molecule has 3 aromatic rings. The van der Waals surface area contributed by atoms with Gasteiger partial charge in [-0.05, 0) is 66.0 Å². The maximum absolute atomic E-state index is 13.2. The van der Waals surface area contributed by atoms with Crippen molar-refractivity contribution in [1.29, 1.82) is 0 Å². The highest BCUT2D eigenvalue weighted by Gasteiger charge is 2.31. The van der Waals surface area contributed by atoms with Gasteiger partial charge in [-0.25, -0.2) is 9.37 Å². The van der Waals surface area contributed by atoms with Gasteiger partial charge in [-0.15, -0.1) is 0 Å². The monoisotopic (exact) mass is 438 g/mol. The summed E-state index contributed by atoms with van der Waals surface area (Å²) in [7, 11) is 0. The number of H-pyrrole nitrogens is 1. The van der Waals surface area contributed by atoms with E-state index in [0.717, 1.165) is 37.4 Å². The molecule has 0 spiro atoms. The number of benzene rings is 1. The van der Waals surface area contributed by atoms with E-state index in [1.165, 1.54) is 29.8 Å². The van der Waals surface area contributed by atoms with Crippen molar-refractivity contribution in [2.24, 2.45) is 0 Å². The van der Waals surface area contributed by atoms with Gasteiger partial charge >= 0.3 is 0 Å². The van der Waals surface area contributed by atoms with E-state index in [1.807, 2.05) is 0 Å². The van der Waals surface area contributed by atoms with Crippen LogP contribution < -0.4 is 5.56 Å². The fraction of sp³-hybridized carbons (Fsp3) is 0.348. The predicted molar refractivity (Wildman–Crippen MR) is 116 cm³/mol. The third-order valence-corrected chi connectivity index (χ3v) is 6.84. The Hall–Kier alpha value is -2.84. The second kappa shape index (κ2) is 8.36. The average molecular weight is 439 g/mol. The number of amides is 1. The molecule has 1 saturated heterocycles. The number of aromatic nitrogens is 2. The van der Waals surface area contributed by atoms with E-state index in [-0.39, 0.29) is 29.9 Å². The van der Waals surface area contributed by atoms with Gasteiger partial charge in [-0.1, -0.05) is 0 Å². The Bertz CT molecular complexity index is 1140. The van der Waals surface area contributed by atoms with E-state index in [2.05, 4.69) is 26.7 Å². The molecule has 31 heavy (non-hydrogen) atoms. The van der Waals surface area contributed by atoms with E-state index < -0.39 is 0 Å². The number of nitrogens with zero attached hydrogens (tertiary/aromatic N) is 3. The molecule has 2 aliphatic heterocycles. The molecule has 8 heteroatoms. The molecule has 1 fully saturated rings. The number of hydrogen-bond acceptors (Lipinski definition) is 5. The number of carbonyl (C=O) groups excluding carboxylic acids is 1. The van der Waals surface area contributed by atoms with E-state index in [1.54, 1.807) is 16.2 Å². The molecule has 5 rings (SSSR count). The lowest BCUT2D eigenvalue weighted by Gasteiger charge is -2.29. The molecule has 1 N–H and O–H groups in total. The van der Waals surface area contributed by atoms with Crippen LogP contribution in [0.3, 0.4) is 0 Å². The van der Waals surface area contributed by atoms with Crippen LogP contribution in [0.15, 0.2) is 45.9 Å². The first kappa shape index (κ1) is 20.1. The number of aromatic amines is 1. The number of fused-ring (bicyclic) bond motifs is 1. The summed E-state index contributed by atoms with van der Waals surface area (Å²) < 4.78 is 13.2. The Morgan fingerprint density at radius 2 is 2.06 bits per heavy atom. The Kier molecular flexibility index (Phi) is 5.41. The highest BCUT2D eigenvalue weighted by Crippen LogP contribution is 2.32. The van der Waals surface area contributed by atoms with Crippen LogP contribution in [-0.4, -0.2) is 38.8 Å². The Morgan fingerprint density at radius 1 is 1.23 bits per heavy atom. The van der Waals surface area contributed by atoms with Crippen molar-refractivity contribution in [3.8, 4) is 0 Å². The van der Waals surface area contributed by atoms with Crippen molar-refractivity contribution in [2.45, 2.75) is 38.4 Å². The van der Waals surface area contributed by atoms with Gasteiger partial charge in [0.15, 0.2) is 0 Å². The summed E-state index contributed by atoms with van der Waals surface area (Å²) in [6.07, 6.45) is 2.59. The lowest BCUT2D eigenvalue weighted by atomic mass is 10.0. The number of likely N-dealkylation sites (tertiary alicyclic amines) is 1. The molecule has 4 heterocycles. The predicted octanol–water partition coefficient (Wildman–Crippen LogP) is 3.51. The molecule has 1 aromatic carbocycles. The van der Waals surface area contributed by atoms with Gasteiger partial charge in [0, 0.05) is 25.1 Å². The van der Waals surface area contributed by atoms with Crippen LogP contribution in [0.2, 0.25) is 0 Å². The van der Waals surface area contributed by atoms with E-state index >= 15 is 0 Å². The summed E-state index contributed by atoms with van der Waals surface area (Å²) in [5.74, 6) is 0.148. The van der Waals surface area contributed by atoms with Crippen molar-refractivity contribution in [3.05, 3.63) is 85.5 Å². The van der Waals surface area contributed by atoms with Crippen molar-refractivity contribution in [3.63, 3.8) is 0 Å². The van der Waals surface area contributed by atoms with Crippen molar-refractivity contribution in [1.82, 2.24) is 19.8 Å². The van der Waals surface area contributed by atoms with Gasteiger partial charge in [0.25, 0.3) is 11.5 Å². The number of rotatable bonds is 4. The minimum Gasteiger partial charge on any atom is -0.334 e.